The standard InChI is InChI=1S/C50H63ClN9O12P/c1-67-41-31-34(11-12-37(41)56-50-53-32-36(51)46(58-50)55-38-8-4-5-10-42(38)73(2,3)66)59-19-15-33(16-20-59)54-44(62)17-21-68-23-25-70-27-29-72-30-28-71-26-24-69-22-18-52-39-9-6-7-35-45(39)49(65)60(48(35)64)40-13-14-43(61)57-47(40)63/h4-12,31-33,40,52H,13-30H2,1-3H3,(H,54,62)(H,57,61,63)(H2,53,55,56,58). The molecule has 0 radical (unpaired) electrons. The van der Waals surface area contributed by atoms with Gasteiger partial charge in [-0.2, -0.15) is 4.98 Å². The maximum Gasteiger partial charge on any atom is 0.264 e. The van der Waals surface area contributed by atoms with Gasteiger partial charge in [0, 0.05) is 61.3 Å². The maximum atomic E-state index is 13.2. The van der Waals surface area contributed by atoms with E-state index in [4.69, 9.17) is 40.0 Å². The van der Waals surface area contributed by atoms with E-state index in [2.05, 4.69) is 41.5 Å². The van der Waals surface area contributed by atoms with Crippen LogP contribution in [0.15, 0.2) is 66.9 Å². The van der Waals surface area contributed by atoms with Gasteiger partial charge in [0.25, 0.3) is 11.8 Å². The minimum atomic E-state index is -2.57. The molecule has 21 nitrogen and oxygen atoms in total. The molecule has 1 aromatic heterocycles. The van der Waals surface area contributed by atoms with E-state index in [1.165, 1.54) is 6.20 Å². The summed E-state index contributed by atoms with van der Waals surface area (Å²) in [5.74, 6) is -0.982. The van der Waals surface area contributed by atoms with Crippen molar-refractivity contribution in [3.05, 3.63) is 83.0 Å². The zero-order valence-corrected chi connectivity index (χ0v) is 42.9. The summed E-state index contributed by atoms with van der Waals surface area (Å²) in [4.78, 5) is 75.0. The van der Waals surface area contributed by atoms with E-state index < -0.39 is 36.8 Å². The van der Waals surface area contributed by atoms with Gasteiger partial charge in [0.15, 0.2) is 5.82 Å². The summed E-state index contributed by atoms with van der Waals surface area (Å²) < 4.78 is 46.5. The molecule has 1 atom stereocenters. The highest BCUT2D eigenvalue weighted by molar-refractivity contribution is 7.70. The molecule has 3 aliphatic heterocycles. The van der Waals surface area contributed by atoms with Crippen molar-refractivity contribution in [3.63, 3.8) is 0 Å². The number of nitrogens with zero attached hydrogens (tertiary/aromatic N) is 4. The van der Waals surface area contributed by atoms with Gasteiger partial charge >= 0.3 is 0 Å². The molecule has 4 aromatic rings. The Balaban J connectivity index is 0.678. The van der Waals surface area contributed by atoms with E-state index in [0.29, 0.717) is 118 Å². The van der Waals surface area contributed by atoms with Gasteiger partial charge in [0.05, 0.1) is 102 Å². The molecule has 73 heavy (non-hydrogen) atoms. The first kappa shape index (κ1) is 54.6. The Bertz CT molecular complexity index is 2630. The number of benzene rings is 3. The lowest BCUT2D eigenvalue weighted by Crippen LogP contribution is -2.54. The van der Waals surface area contributed by atoms with E-state index >= 15 is 0 Å². The first-order valence-electron chi connectivity index (χ1n) is 24.2. The molecule has 0 bridgehead atoms. The highest BCUT2D eigenvalue weighted by Crippen LogP contribution is 2.39. The van der Waals surface area contributed by atoms with E-state index in [9.17, 15) is 28.5 Å². The number of anilines is 6. The Morgan fingerprint density at radius 2 is 1.44 bits per heavy atom. The Morgan fingerprint density at radius 1 is 0.781 bits per heavy atom. The van der Waals surface area contributed by atoms with Crippen molar-refractivity contribution in [1.29, 1.82) is 0 Å². The number of aromatic nitrogens is 2. The molecule has 0 spiro atoms. The van der Waals surface area contributed by atoms with Crippen LogP contribution in [0, 0.1) is 0 Å². The molecule has 0 aliphatic carbocycles. The number of ether oxygens (including phenoxy) is 6. The summed E-state index contributed by atoms with van der Waals surface area (Å²) >= 11 is 6.46. The number of imide groups is 2. The van der Waals surface area contributed by atoms with Crippen molar-refractivity contribution in [2.75, 3.05) is 127 Å². The van der Waals surface area contributed by atoms with E-state index in [-0.39, 0.29) is 42.3 Å². The second-order valence-corrected chi connectivity index (χ2v) is 21.2. The number of carbonyl (C=O) groups is 5. The smallest absolute Gasteiger partial charge is 0.264 e. The number of para-hydroxylation sites is 1. The summed E-state index contributed by atoms with van der Waals surface area (Å²) in [6.45, 7) is 8.94. The van der Waals surface area contributed by atoms with E-state index in [0.717, 1.165) is 36.5 Å². The summed E-state index contributed by atoms with van der Waals surface area (Å²) in [5, 5.41) is 15.9. The Labute approximate surface area is 429 Å². The van der Waals surface area contributed by atoms with Gasteiger partial charge in [0.2, 0.25) is 23.7 Å². The predicted molar refractivity (Wildman–Crippen MR) is 276 cm³/mol. The van der Waals surface area contributed by atoms with Crippen LogP contribution < -0.4 is 41.5 Å². The quantitative estimate of drug-likeness (QED) is 0.0287. The van der Waals surface area contributed by atoms with Crippen molar-refractivity contribution >= 4 is 88.1 Å². The lowest BCUT2D eigenvalue weighted by Gasteiger charge is -2.34. The minimum Gasteiger partial charge on any atom is -0.494 e. The number of amides is 5. The molecule has 7 rings (SSSR count). The Kier molecular flexibility index (Phi) is 19.9. The van der Waals surface area contributed by atoms with Gasteiger partial charge in [-0.25, -0.2) is 4.98 Å². The molecule has 5 N–H and O–H groups in total. The number of piperidine rings is 2. The molecule has 2 fully saturated rings. The molecule has 4 heterocycles. The highest BCUT2D eigenvalue weighted by Gasteiger charge is 2.45. The summed E-state index contributed by atoms with van der Waals surface area (Å²) in [5.41, 5.74) is 3.19. The predicted octanol–water partition coefficient (Wildman–Crippen LogP) is 4.95. The summed E-state index contributed by atoms with van der Waals surface area (Å²) in [6, 6.07) is 17.2. The lowest BCUT2D eigenvalue weighted by atomic mass is 10.0. The normalized spacial score (nSPS) is 16.1. The SMILES string of the molecule is COc1cc(N2CCC(NC(=O)CCOCCOCCOCCOCCOCCNc3cccc4c3C(=O)N(C3CCC(=O)NC3=O)C4=O)CC2)ccc1Nc1ncc(Cl)c(Nc2ccccc2P(C)(C)=O)n1. The lowest BCUT2D eigenvalue weighted by molar-refractivity contribution is -0.136. The van der Waals surface area contributed by atoms with Crippen LogP contribution in [0.3, 0.4) is 0 Å². The fourth-order valence-electron chi connectivity index (χ4n) is 8.44. The Hall–Kier alpha value is -6.19. The molecule has 23 heteroatoms. The van der Waals surface area contributed by atoms with Gasteiger partial charge in [-0.3, -0.25) is 34.2 Å². The second kappa shape index (κ2) is 26.7. The highest BCUT2D eigenvalue weighted by atomic mass is 35.5. The van der Waals surface area contributed by atoms with Crippen LogP contribution >= 0.6 is 18.7 Å². The third-order valence-electron chi connectivity index (χ3n) is 12.1. The van der Waals surface area contributed by atoms with Crippen LogP contribution in [-0.4, -0.2) is 163 Å². The van der Waals surface area contributed by atoms with Gasteiger partial charge < -0.3 is 59.2 Å². The topological polar surface area (TPSA) is 250 Å². The van der Waals surface area contributed by atoms with E-state index in [1.54, 1.807) is 38.6 Å². The fourth-order valence-corrected chi connectivity index (χ4v) is 9.73. The van der Waals surface area contributed by atoms with Crippen LogP contribution in [0.4, 0.5) is 34.5 Å². The van der Waals surface area contributed by atoms with Crippen LogP contribution in [-0.2, 0) is 42.6 Å². The minimum absolute atomic E-state index is 0.0506. The van der Waals surface area contributed by atoms with Crippen LogP contribution in [0.1, 0.15) is 52.8 Å². The molecule has 1 unspecified atom stereocenters. The number of nitrogens with one attached hydrogen (secondary N) is 5. The van der Waals surface area contributed by atoms with Gasteiger partial charge in [-0.1, -0.05) is 29.8 Å². The van der Waals surface area contributed by atoms with Gasteiger partial charge in [-0.05, 0) is 69.0 Å². The second-order valence-electron chi connectivity index (χ2n) is 17.6. The van der Waals surface area contributed by atoms with Gasteiger partial charge in [0.1, 0.15) is 24.0 Å². The first-order valence-corrected chi connectivity index (χ1v) is 27.2. The third-order valence-corrected chi connectivity index (χ3v) is 14.0. The number of rotatable bonds is 28. The van der Waals surface area contributed by atoms with Crippen molar-refractivity contribution in [1.82, 2.24) is 25.5 Å². The van der Waals surface area contributed by atoms with Crippen LogP contribution in [0.2, 0.25) is 5.02 Å². The Morgan fingerprint density at radius 3 is 2.11 bits per heavy atom. The fraction of sp³-hybridized carbons (Fsp3) is 0.460. The molecule has 3 aromatic carbocycles. The van der Waals surface area contributed by atoms with Crippen molar-refractivity contribution in [2.45, 2.75) is 44.2 Å². The first-order chi connectivity index (χ1) is 35.3. The molecule has 2 saturated heterocycles. The van der Waals surface area contributed by atoms with E-state index in [1.807, 2.05) is 42.5 Å². The zero-order chi connectivity index (χ0) is 51.7. The average molecular weight is 1050 g/mol. The van der Waals surface area contributed by atoms with Gasteiger partial charge in [-0.15, -0.1) is 0 Å². The van der Waals surface area contributed by atoms with Crippen molar-refractivity contribution in [2.24, 2.45) is 0 Å². The maximum absolute atomic E-state index is 13.2. The molecule has 5 amide bonds. The molecule has 3 aliphatic rings. The van der Waals surface area contributed by atoms with Crippen molar-refractivity contribution < 1.29 is 57.0 Å². The summed E-state index contributed by atoms with van der Waals surface area (Å²) in [7, 11) is -0.967. The summed E-state index contributed by atoms with van der Waals surface area (Å²) in [6.07, 6.45) is 3.49. The van der Waals surface area contributed by atoms with Crippen LogP contribution in [0.25, 0.3) is 0 Å². The molecular formula is C50H63ClN9O12P. The zero-order valence-electron chi connectivity index (χ0n) is 41.2. The third kappa shape index (κ3) is 15.2. The number of methoxy groups -OCH3 is 1. The number of hydrogen-bond donors (Lipinski definition) is 5. The number of fused-ring (bicyclic) bond motifs is 1. The number of halogens is 1. The average Bonchev–Trinajstić information content (AvgIpc) is 3.63. The molecular weight excluding hydrogens is 985 g/mol. The monoisotopic (exact) mass is 1050 g/mol. The van der Waals surface area contributed by atoms with Crippen LogP contribution in [0.5, 0.6) is 5.75 Å². The number of carbonyl (C=O) groups excluding carboxylic acids is 5. The number of hydrogen-bond acceptors (Lipinski definition) is 18. The largest absolute Gasteiger partial charge is 0.494 e. The molecule has 392 valence electrons. The van der Waals surface area contributed by atoms with Crippen molar-refractivity contribution in [3.8, 4) is 5.75 Å². The molecule has 0 saturated carbocycles.